The van der Waals surface area contributed by atoms with E-state index in [1.54, 1.807) is 0 Å². The van der Waals surface area contributed by atoms with Crippen molar-refractivity contribution in [3.63, 3.8) is 0 Å². The van der Waals surface area contributed by atoms with Crippen LogP contribution in [-0.4, -0.2) is 0 Å². The maximum atomic E-state index is 4.10. The summed E-state index contributed by atoms with van der Waals surface area (Å²) in [6.45, 7) is 6.31. The zero-order chi connectivity index (χ0) is 7.19. The van der Waals surface area contributed by atoms with E-state index in [0.29, 0.717) is 5.41 Å². The fourth-order valence-corrected chi connectivity index (χ4v) is 1.84. The lowest BCUT2D eigenvalue weighted by molar-refractivity contribution is 0.541. The fourth-order valence-electron chi connectivity index (χ4n) is 1.84. The Kier molecular flexibility index (Phi) is 1.08. The van der Waals surface area contributed by atoms with Crippen LogP contribution in [0.25, 0.3) is 0 Å². The molecular formula is C10H14. The molecule has 0 heterocycles. The molecule has 10 heavy (non-hydrogen) atoms. The third-order valence-corrected chi connectivity index (χ3v) is 2.95. The molecule has 54 valence electrons. The summed E-state index contributed by atoms with van der Waals surface area (Å²) >= 11 is 0. The van der Waals surface area contributed by atoms with Crippen LogP contribution in [0.5, 0.6) is 0 Å². The minimum Gasteiger partial charge on any atom is -0.0953 e. The van der Waals surface area contributed by atoms with E-state index < -0.39 is 0 Å². The van der Waals surface area contributed by atoms with Gasteiger partial charge in [0, 0.05) is 0 Å². The predicted octanol–water partition coefficient (Wildman–Crippen LogP) is 3.06. The molecule has 1 saturated carbocycles. The van der Waals surface area contributed by atoms with Crippen LogP contribution in [0.3, 0.4) is 0 Å². The number of allylic oxidation sites excluding steroid dienone is 3. The van der Waals surface area contributed by atoms with Crippen LogP contribution in [0.1, 0.15) is 32.6 Å². The fraction of sp³-hybridized carbons (Fsp3) is 0.600. The van der Waals surface area contributed by atoms with Gasteiger partial charge in [0.1, 0.15) is 0 Å². The highest BCUT2D eigenvalue weighted by atomic mass is 14.5. The van der Waals surface area contributed by atoms with Gasteiger partial charge in [0.15, 0.2) is 0 Å². The van der Waals surface area contributed by atoms with Crippen molar-refractivity contribution in [2.75, 3.05) is 0 Å². The van der Waals surface area contributed by atoms with Crippen molar-refractivity contribution in [2.24, 2.45) is 5.41 Å². The van der Waals surface area contributed by atoms with Crippen molar-refractivity contribution < 1.29 is 0 Å². The lowest BCUT2D eigenvalue weighted by atomic mass is 9.84. The summed E-state index contributed by atoms with van der Waals surface area (Å²) in [7, 11) is 0. The quantitative estimate of drug-likeness (QED) is 0.477. The lowest BCUT2D eigenvalue weighted by Gasteiger charge is -2.21. The van der Waals surface area contributed by atoms with Gasteiger partial charge in [-0.2, -0.15) is 0 Å². The summed E-state index contributed by atoms with van der Waals surface area (Å²) in [5.41, 5.74) is 3.51. The van der Waals surface area contributed by atoms with Crippen molar-refractivity contribution in [3.05, 3.63) is 23.8 Å². The zero-order valence-corrected chi connectivity index (χ0v) is 6.61. The Morgan fingerprint density at radius 2 is 2.10 bits per heavy atom. The normalized spacial score (nSPS) is 28.5. The van der Waals surface area contributed by atoms with Crippen molar-refractivity contribution in [3.8, 4) is 0 Å². The molecule has 2 aliphatic carbocycles. The summed E-state index contributed by atoms with van der Waals surface area (Å²) in [6.07, 6.45) is 7.76. The second-order valence-corrected chi connectivity index (χ2v) is 3.80. The molecule has 0 aromatic heterocycles. The molecule has 0 atom stereocenters. The lowest BCUT2D eigenvalue weighted by Crippen LogP contribution is -2.07. The summed E-state index contributed by atoms with van der Waals surface area (Å²) < 4.78 is 0. The summed E-state index contributed by atoms with van der Waals surface area (Å²) in [5.74, 6) is 0. The molecule has 0 aliphatic heterocycles. The molecule has 2 aliphatic rings. The standard InChI is InChI=1S/C10H14/c1-8-3-4-10(5-6-10)9(2)7-8/h7H,2-6H2,1H3. The van der Waals surface area contributed by atoms with Crippen LogP contribution in [-0.2, 0) is 0 Å². The van der Waals surface area contributed by atoms with Gasteiger partial charge in [-0.15, -0.1) is 0 Å². The maximum Gasteiger partial charge on any atom is -0.00492 e. The van der Waals surface area contributed by atoms with E-state index in [0.717, 1.165) is 0 Å². The molecule has 0 aromatic carbocycles. The second kappa shape index (κ2) is 1.75. The largest absolute Gasteiger partial charge is 0.0953 e. The van der Waals surface area contributed by atoms with Crippen molar-refractivity contribution in [2.45, 2.75) is 32.6 Å². The summed E-state index contributed by atoms with van der Waals surface area (Å²) in [5, 5.41) is 0. The Bertz CT molecular complexity index is 204. The Morgan fingerprint density at radius 1 is 1.40 bits per heavy atom. The minimum atomic E-state index is 0.597. The molecule has 0 bridgehead atoms. The van der Waals surface area contributed by atoms with Crippen molar-refractivity contribution in [1.29, 1.82) is 0 Å². The summed E-state index contributed by atoms with van der Waals surface area (Å²) in [4.78, 5) is 0. The number of hydrogen-bond acceptors (Lipinski definition) is 0. The van der Waals surface area contributed by atoms with Crippen LogP contribution >= 0.6 is 0 Å². The monoisotopic (exact) mass is 134 g/mol. The smallest absolute Gasteiger partial charge is 0.00492 e. The highest BCUT2D eigenvalue weighted by Gasteiger charge is 2.44. The first-order valence-corrected chi connectivity index (χ1v) is 4.10. The van der Waals surface area contributed by atoms with E-state index in [-0.39, 0.29) is 0 Å². The van der Waals surface area contributed by atoms with Crippen LogP contribution < -0.4 is 0 Å². The average molecular weight is 134 g/mol. The SMILES string of the molecule is C=C1C=C(C)CCC12CC2. The molecule has 0 heteroatoms. The van der Waals surface area contributed by atoms with Crippen LogP contribution in [0.15, 0.2) is 23.8 Å². The highest BCUT2D eigenvalue weighted by molar-refractivity contribution is 5.35. The average Bonchev–Trinajstić information content (AvgIpc) is 2.62. The van der Waals surface area contributed by atoms with Gasteiger partial charge in [0.25, 0.3) is 0 Å². The van der Waals surface area contributed by atoms with Gasteiger partial charge in [-0.05, 0) is 43.6 Å². The maximum absolute atomic E-state index is 4.10. The van der Waals surface area contributed by atoms with Gasteiger partial charge >= 0.3 is 0 Å². The molecule has 0 saturated heterocycles. The van der Waals surface area contributed by atoms with Gasteiger partial charge in [0.2, 0.25) is 0 Å². The molecular weight excluding hydrogens is 120 g/mol. The second-order valence-electron chi connectivity index (χ2n) is 3.80. The van der Waals surface area contributed by atoms with Gasteiger partial charge in [-0.25, -0.2) is 0 Å². The van der Waals surface area contributed by atoms with Crippen molar-refractivity contribution in [1.82, 2.24) is 0 Å². The molecule has 0 radical (unpaired) electrons. The van der Waals surface area contributed by atoms with Crippen LogP contribution in [0.2, 0.25) is 0 Å². The molecule has 0 amide bonds. The Labute approximate surface area is 62.6 Å². The molecule has 0 unspecified atom stereocenters. The Morgan fingerprint density at radius 3 is 2.60 bits per heavy atom. The predicted molar refractivity (Wildman–Crippen MR) is 43.8 cm³/mol. The van der Waals surface area contributed by atoms with E-state index in [2.05, 4.69) is 19.6 Å². The third kappa shape index (κ3) is 0.749. The van der Waals surface area contributed by atoms with Crippen LogP contribution in [0.4, 0.5) is 0 Å². The number of hydrogen-bond donors (Lipinski definition) is 0. The van der Waals surface area contributed by atoms with Gasteiger partial charge < -0.3 is 0 Å². The first kappa shape index (κ1) is 6.21. The molecule has 1 spiro atoms. The van der Waals surface area contributed by atoms with Crippen LogP contribution in [0, 0.1) is 5.41 Å². The zero-order valence-electron chi connectivity index (χ0n) is 6.61. The Hall–Kier alpha value is -0.520. The van der Waals surface area contributed by atoms with E-state index in [1.165, 1.54) is 36.8 Å². The summed E-state index contributed by atoms with van der Waals surface area (Å²) in [6, 6.07) is 0. The highest BCUT2D eigenvalue weighted by Crippen LogP contribution is 2.57. The van der Waals surface area contributed by atoms with Gasteiger partial charge in [0.05, 0.1) is 0 Å². The topological polar surface area (TPSA) is 0 Å². The first-order chi connectivity index (χ1) is 4.73. The molecule has 0 nitrogen and oxygen atoms in total. The molecule has 1 fully saturated rings. The third-order valence-electron chi connectivity index (χ3n) is 2.95. The van der Waals surface area contributed by atoms with E-state index >= 15 is 0 Å². The van der Waals surface area contributed by atoms with Gasteiger partial charge in [-0.1, -0.05) is 18.2 Å². The first-order valence-electron chi connectivity index (χ1n) is 4.10. The molecule has 2 rings (SSSR count). The van der Waals surface area contributed by atoms with Crippen molar-refractivity contribution >= 4 is 0 Å². The van der Waals surface area contributed by atoms with E-state index in [4.69, 9.17) is 0 Å². The Balaban J connectivity index is 2.25. The number of rotatable bonds is 0. The molecule has 0 aromatic rings. The minimum absolute atomic E-state index is 0.597. The van der Waals surface area contributed by atoms with E-state index in [1.807, 2.05) is 0 Å². The van der Waals surface area contributed by atoms with Gasteiger partial charge in [-0.3, -0.25) is 0 Å². The van der Waals surface area contributed by atoms with E-state index in [9.17, 15) is 0 Å². The molecule has 0 N–H and O–H groups in total.